The Morgan fingerprint density at radius 1 is 1.50 bits per heavy atom. The monoisotopic (exact) mass is 162 g/mol. The summed E-state index contributed by atoms with van der Waals surface area (Å²) in [6.45, 7) is 0.405. The summed E-state index contributed by atoms with van der Waals surface area (Å²) in [6.07, 6.45) is 3.33. The zero-order valence-electron chi connectivity index (χ0n) is 6.15. The van der Waals surface area contributed by atoms with Crippen LogP contribution in [0.3, 0.4) is 0 Å². The van der Waals surface area contributed by atoms with Gasteiger partial charge in [0.05, 0.1) is 5.39 Å². The highest BCUT2D eigenvalue weighted by molar-refractivity contribution is 5.83. The van der Waals surface area contributed by atoms with E-state index < -0.39 is 0 Å². The molecular formula is C8H6N2O2. The molecule has 0 unspecified atom stereocenters. The average Bonchev–Trinajstić information content (AvgIpc) is 2.53. The van der Waals surface area contributed by atoms with Gasteiger partial charge in [-0.05, 0) is 6.07 Å². The van der Waals surface area contributed by atoms with Crippen LogP contribution in [0.25, 0.3) is 11.0 Å². The molecule has 0 radical (unpaired) electrons. The van der Waals surface area contributed by atoms with Crippen LogP contribution in [-0.4, -0.2) is 16.4 Å². The van der Waals surface area contributed by atoms with E-state index in [0.29, 0.717) is 17.9 Å². The molecule has 2 aromatic rings. The first kappa shape index (κ1) is 6.84. The molecule has 0 saturated carbocycles. The number of aromatic amines is 1. The minimum atomic E-state index is 0.405. The number of rotatable bonds is 2. The van der Waals surface area contributed by atoms with Gasteiger partial charge in [-0.1, -0.05) is 0 Å². The van der Waals surface area contributed by atoms with Gasteiger partial charge in [0.2, 0.25) is 0 Å². The second-order valence-electron chi connectivity index (χ2n) is 2.26. The summed E-state index contributed by atoms with van der Waals surface area (Å²) >= 11 is 0. The van der Waals surface area contributed by atoms with Crippen LogP contribution in [0.5, 0.6) is 5.75 Å². The normalized spacial score (nSPS) is 10.0. The number of pyridine rings is 1. The van der Waals surface area contributed by atoms with Crippen molar-refractivity contribution in [3.8, 4) is 5.75 Å². The van der Waals surface area contributed by atoms with E-state index in [0.717, 1.165) is 5.39 Å². The standard InChI is InChI=1S/C8H6N2O2/c11-5-12-7-2-4-10-8-6(7)1-3-9-8/h1-5H,(H,9,10). The minimum absolute atomic E-state index is 0.405. The second-order valence-corrected chi connectivity index (χ2v) is 2.26. The lowest BCUT2D eigenvalue weighted by molar-refractivity contribution is -0.120. The Morgan fingerprint density at radius 3 is 3.25 bits per heavy atom. The molecule has 0 aromatic carbocycles. The van der Waals surface area contributed by atoms with Gasteiger partial charge in [0, 0.05) is 18.5 Å². The quantitative estimate of drug-likeness (QED) is 0.672. The van der Waals surface area contributed by atoms with E-state index in [-0.39, 0.29) is 0 Å². The molecule has 0 bridgehead atoms. The Morgan fingerprint density at radius 2 is 2.42 bits per heavy atom. The molecule has 0 aliphatic heterocycles. The zero-order valence-corrected chi connectivity index (χ0v) is 6.15. The number of carbonyl (C=O) groups excluding carboxylic acids is 1. The Labute approximate surface area is 68.2 Å². The van der Waals surface area contributed by atoms with Crippen LogP contribution in [0.1, 0.15) is 0 Å². The number of carbonyl (C=O) groups is 1. The number of H-pyrrole nitrogens is 1. The van der Waals surface area contributed by atoms with Gasteiger partial charge >= 0.3 is 0 Å². The van der Waals surface area contributed by atoms with Crippen molar-refractivity contribution in [1.82, 2.24) is 9.97 Å². The van der Waals surface area contributed by atoms with Gasteiger partial charge in [0.1, 0.15) is 11.4 Å². The highest BCUT2D eigenvalue weighted by Crippen LogP contribution is 2.21. The van der Waals surface area contributed by atoms with E-state index in [2.05, 4.69) is 9.97 Å². The summed E-state index contributed by atoms with van der Waals surface area (Å²) in [4.78, 5) is 17.0. The van der Waals surface area contributed by atoms with E-state index in [1.807, 2.05) is 0 Å². The Hall–Kier alpha value is -1.84. The van der Waals surface area contributed by atoms with E-state index in [4.69, 9.17) is 4.74 Å². The number of nitrogens with zero attached hydrogens (tertiary/aromatic N) is 1. The number of aromatic nitrogens is 2. The maximum atomic E-state index is 10.1. The van der Waals surface area contributed by atoms with E-state index in [1.165, 1.54) is 0 Å². The zero-order chi connectivity index (χ0) is 8.39. The van der Waals surface area contributed by atoms with Crippen LogP contribution in [0, 0.1) is 0 Å². The fourth-order valence-electron chi connectivity index (χ4n) is 1.09. The van der Waals surface area contributed by atoms with E-state index in [9.17, 15) is 4.79 Å². The number of ether oxygens (including phenoxy) is 1. The number of hydrogen-bond donors (Lipinski definition) is 1. The van der Waals surface area contributed by atoms with Crippen molar-refractivity contribution in [2.45, 2.75) is 0 Å². The third-order valence-corrected chi connectivity index (χ3v) is 1.60. The van der Waals surface area contributed by atoms with Crippen LogP contribution in [-0.2, 0) is 4.79 Å². The first-order valence-electron chi connectivity index (χ1n) is 3.44. The predicted octanol–water partition coefficient (Wildman–Crippen LogP) is 1.10. The van der Waals surface area contributed by atoms with Crippen molar-refractivity contribution in [1.29, 1.82) is 0 Å². The van der Waals surface area contributed by atoms with Crippen molar-refractivity contribution in [3.05, 3.63) is 24.5 Å². The van der Waals surface area contributed by atoms with E-state index >= 15 is 0 Å². The van der Waals surface area contributed by atoms with Crippen LogP contribution in [0.2, 0.25) is 0 Å². The summed E-state index contributed by atoms with van der Waals surface area (Å²) in [6, 6.07) is 3.45. The Bertz CT molecular complexity index is 408. The molecule has 4 nitrogen and oxygen atoms in total. The fourth-order valence-corrected chi connectivity index (χ4v) is 1.09. The fraction of sp³-hybridized carbons (Fsp3) is 0. The predicted molar refractivity (Wildman–Crippen MR) is 42.8 cm³/mol. The molecule has 1 N–H and O–H groups in total. The molecule has 0 fully saturated rings. The third kappa shape index (κ3) is 0.934. The first-order valence-corrected chi connectivity index (χ1v) is 3.44. The smallest absolute Gasteiger partial charge is 0.298 e. The largest absolute Gasteiger partial charge is 0.428 e. The van der Waals surface area contributed by atoms with Gasteiger partial charge in [0.15, 0.2) is 0 Å². The topological polar surface area (TPSA) is 55.0 Å². The molecule has 0 spiro atoms. The molecule has 4 heteroatoms. The molecule has 0 amide bonds. The van der Waals surface area contributed by atoms with Crippen LogP contribution in [0.15, 0.2) is 24.5 Å². The molecule has 60 valence electrons. The lowest BCUT2D eigenvalue weighted by Crippen LogP contribution is -1.89. The molecule has 2 rings (SSSR count). The molecular weight excluding hydrogens is 156 g/mol. The average molecular weight is 162 g/mol. The summed E-state index contributed by atoms with van der Waals surface area (Å²) in [5.74, 6) is 0.524. The lowest BCUT2D eigenvalue weighted by atomic mass is 10.3. The van der Waals surface area contributed by atoms with Crippen molar-refractivity contribution in [2.24, 2.45) is 0 Å². The Balaban J connectivity index is 2.65. The van der Waals surface area contributed by atoms with Gasteiger partial charge < -0.3 is 9.72 Å². The van der Waals surface area contributed by atoms with Crippen molar-refractivity contribution < 1.29 is 9.53 Å². The van der Waals surface area contributed by atoms with Crippen LogP contribution >= 0.6 is 0 Å². The van der Waals surface area contributed by atoms with Crippen molar-refractivity contribution in [3.63, 3.8) is 0 Å². The number of fused-ring (bicyclic) bond motifs is 1. The molecule has 2 aromatic heterocycles. The van der Waals surface area contributed by atoms with Crippen LogP contribution < -0.4 is 4.74 Å². The van der Waals surface area contributed by atoms with Gasteiger partial charge in [-0.2, -0.15) is 0 Å². The summed E-state index contributed by atoms with van der Waals surface area (Å²) in [5, 5.41) is 0.810. The summed E-state index contributed by atoms with van der Waals surface area (Å²) < 4.78 is 4.74. The molecule has 0 aliphatic carbocycles. The molecule has 0 aliphatic rings. The SMILES string of the molecule is O=COc1ccnc2[nH]ccc12. The highest BCUT2D eigenvalue weighted by atomic mass is 16.5. The van der Waals surface area contributed by atoms with Crippen molar-refractivity contribution in [2.75, 3.05) is 0 Å². The number of nitrogens with one attached hydrogen (secondary N) is 1. The Kier molecular flexibility index (Phi) is 1.51. The third-order valence-electron chi connectivity index (χ3n) is 1.60. The number of hydrogen-bond acceptors (Lipinski definition) is 3. The van der Waals surface area contributed by atoms with Gasteiger partial charge in [-0.15, -0.1) is 0 Å². The van der Waals surface area contributed by atoms with E-state index in [1.54, 1.807) is 24.5 Å². The van der Waals surface area contributed by atoms with Gasteiger partial charge in [-0.3, -0.25) is 4.79 Å². The second kappa shape index (κ2) is 2.65. The van der Waals surface area contributed by atoms with Crippen molar-refractivity contribution >= 4 is 17.5 Å². The van der Waals surface area contributed by atoms with Gasteiger partial charge in [0.25, 0.3) is 6.47 Å². The van der Waals surface area contributed by atoms with Gasteiger partial charge in [-0.25, -0.2) is 4.98 Å². The molecule has 2 heterocycles. The maximum Gasteiger partial charge on any atom is 0.298 e. The van der Waals surface area contributed by atoms with Crippen LogP contribution in [0.4, 0.5) is 0 Å². The highest BCUT2D eigenvalue weighted by Gasteiger charge is 2.01. The molecule has 0 saturated heterocycles. The lowest BCUT2D eigenvalue weighted by Gasteiger charge is -1.96. The summed E-state index contributed by atoms with van der Waals surface area (Å²) in [5.41, 5.74) is 0.717. The molecule has 0 atom stereocenters. The first-order chi connectivity index (χ1) is 5.92. The molecule has 12 heavy (non-hydrogen) atoms. The minimum Gasteiger partial charge on any atom is -0.428 e. The summed E-state index contributed by atoms with van der Waals surface area (Å²) in [7, 11) is 0. The maximum absolute atomic E-state index is 10.1.